The normalized spacial score (nSPS) is 11.0. The van der Waals surface area contributed by atoms with Crippen LogP contribution >= 0.6 is 0 Å². The van der Waals surface area contributed by atoms with Gasteiger partial charge in [-0.15, -0.1) is 0 Å². The summed E-state index contributed by atoms with van der Waals surface area (Å²) >= 11 is 0. The molecule has 0 aromatic heterocycles. The van der Waals surface area contributed by atoms with Gasteiger partial charge < -0.3 is 16.6 Å². The topological polar surface area (TPSA) is 72.3 Å². The van der Waals surface area contributed by atoms with Crippen molar-refractivity contribution in [2.24, 2.45) is 11.5 Å². The van der Waals surface area contributed by atoms with E-state index in [1.54, 1.807) is 0 Å². The SMILES string of the molecule is NCCCCC(O)CCCCN. The number of hydrogen-bond donors (Lipinski definition) is 3. The number of hydrogen-bond acceptors (Lipinski definition) is 3. The van der Waals surface area contributed by atoms with Crippen LogP contribution in [0.4, 0.5) is 0 Å². The van der Waals surface area contributed by atoms with Crippen LogP contribution in [0.15, 0.2) is 0 Å². The molecule has 5 N–H and O–H groups in total. The highest BCUT2D eigenvalue weighted by Gasteiger charge is 2.02. The molecule has 0 unspecified atom stereocenters. The number of rotatable bonds is 8. The highest BCUT2D eigenvalue weighted by atomic mass is 16.3. The Balaban J connectivity index is 3.04. The Morgan fingerprint density at radius 2 is 1.25 bits per heavy atom. The highest BCUT2D eigenvalue weighted by Crippen LogP contribution is 2.07. The number of aliphatic hydroxyl groups excluding tert-OH is 1. The molecule has 0 saturated heterocycles. The van der Waals surface area contributed by atoms with Gasteiger partial charge in [0, 0.05) is 0 Å². The van der Waals surface area contributed by atoms with Gasteiger partial charge in [0.25, 0.3) is 0 Å². The first kappa shape index (κ1) is 11.9. The van der Waals surface area contributed by atoms with E-state index in [-0.39, 0.29) is 6.10 Å². The molecule has 0 heterocycles. The summed E-state index contributed by atoms with van der Waals surface area (Å²) in [6.07, 6.45) is 5.77. The Labute approximate surface area is 75.1 Å². The van der Waals surface area contributed by atoms with E-state index in [4.69, 9.17) is 11.5 Å². The lowest BCUT2D eigenvalue weighted by Crippen LogP contribution is -2.09. The zero-order chi connectivity index (χ0) is 9.23. The Morgan fingerprint density at radius 3 is 1.58 bits per heavy atom. The summed E-state index contributed by atoms with van der Waals surface area (Å²) < 4.78 is 0. The first-order valence-corrected chi connectivity index (χ1v) is 4.89. The van der Waals surface area contributed by atoms with Crippen LogP contribution in [-0.2, 0) is 0 Å². The van der Waals surface area contributed by atoms with Crippen LogP contribution in [0.3, 0.4) is 0 Å². The van der Waals surface area contributed by atoms with Gasteiger partial charge in [-0.2, -0.15) is 0 Å². The molecule has 0 aromatic carbocycles. The third kappa shape index (κ3) is 7.98. The van der Waals surface area contributed by atoms with Gasteiger partial charge in [0.2, 0.25) is 0 Å². The zero-order valence-corrected chi connectivity index (χ0v) is 7.84. The number of nitrogens with two attached hydrogens (primary N) is 2. The molecule has 3 heteroatoms. The van der Waals surface area contributed by atoms with Crippen molar-refractivity contribution in [1.29, 1.82) is 0 Å². The van der Waals surface area contributed by atoms with E-state index in [1.165, 1.54) is 0 Å². The van der Waals surface area contributed by atoms with Crippen LogP contribution in [0.1, 0.15) is 38.5 Å². The Kier molecular flexibility index (Phi) is 8.88. The predicted molar refractivity (Wildman–Crippen MR) is 51.8 cm³/mol. The molecular formula is C9H22N2O. The first-order chi connectivity index (χ1) is 5.81. The van der Waals surface area contributed by atoms with Crippen molar-refractivity contribution in [3.8, 4) is 0 Å². The third-order valence-corrected chi connectivity index (χ3v) is 1.98. The van der Waals surface area contributed by atoms with Crippen LogP contribution in [0.25, 0.3) is 0 Å². The molecule has 0 aliphatic heterocycles. The monoisotopic (exact) mass is 174 g/mol. The summed E-state index contributed by atoms with van der Waals surface area (Å²) in [6, 6.07) is 0. The van der Waals surface area contributed by atoms with Crippen LogP contribution in [0.2, 0.25) is 0 Å². The van der Waals surface area contributed by atoms with Gasteiger partial charge in [-0.25, -0.2) is 0 Å². The molecule has 3 nitrogen and oxygen atoms in total. The lowest BCUT2D eigenvalue weighted by Gasteiger charge is -2.08. The predicted octanol–water partition coefficient (Wildman–Crippen LogP) is 0.605. The fourth-order valence-corrected chi connectivity index (χ4v) is 1.19. The first-order valence-electron chi connectivity index (χ1n) is 4.89. The summed E-state index contributed by atoms with van der Waals surface area (Å²) in [6.45, 7) is 1.46. The standard InChI is InChI=1S/C9H22N2O/c10-7-3-1-5-9(12)6-2-4-8-11/h9,12H,1-8,10-11H2. The average molecular weight is 174 g/mol. The Bertz CT molecular complexity index is 78.6. The molecule has 0 rings (SSSR count). The number of unbranched alkanes of at least 4 members (excludes halogenated alkanes) is 2. The summed E-state index contributed by atoms with van der Waals surface area (Å²) in [7, 11) is 0. The molecule has 0 spiro atoms. The maximum atomic E-state index is 9.42. The molecule has 0 saturated carbocycles. The molecule has 0 aliphatic rings. The molecule has 0 aromatic rings. The fourth-order valence-electron chi connectivity index (χ4n) is 1.19. The molecule has 0 radical (unpaired) electrons. The van der Waals surface area contributed by atoms with E-state index in [0.29, 0.717) is 0 Å². The van der Waals surface area contributed by atoms with Gasteiger partial charge >= 0.3 is 0 Å². The summed E-state index contributed by atoms with van der Waals surface area (Å²) in [4.78, 5) is 0. The van der Waals surface area contributed by atoms with E-state index in [9.17, 15) is 5.11 Å². The number of aliphatic hydroxyl groups is 1. The Morgan fingerprint density at radius 1 is 0.833 bits per heavy atom. The van der Waals surface area contributed by atoms with Gasteiger partial charge in [-0.05, 0) is 51.6 Å². The molecule has 12 heavy (non-hydrogen) atoms. The zero-order valence-electron chi connectivity index (χ0n) is 7.84. The minimum absolute atomic E-state index is 0.136. The van der Waals surface area contributed by atoms with Crippen LogP contribution < -0.4 is 11.5 Å². The summed E-state index contributed by atoms with van der Waals surface area (Å²) in [5.74, 6) is 0. The minimum atomic E-state index is -0.136. The van der Waals surface area contributed by atoms with Gasteiger partial charge in [-0.3, -0.25) is 0 Å². The van der Waals surface area contributed by atoms with Crippen molar-refractivity contribution in [3.05, 3.63) is 0 Å². The van der Waals surface area contributed by atoms with Crippen molar-refractivity contribution in [1.82, 2.24) is 0 Å². The third-order valence-electron chi connectivity index (χ3n) is 1.98. The van der Waals surface area contributed by atoms with E-state index in [0.717, 1.165) is 51.6 Å². The minimum Gasteiger partial charge on any atom is -0.393 e. The molecule has 0 fully saturated rings. The van der Waals surface area contributed by atoms with Crippen molar-refractivity contribution < 1.29 is 5.11 Å². The van der Waals surface area contributed by atoms with E-state index < -0.39 is 0 Å². The van der Waals surface area contributed by atoms with Crippen LogP contribution in [-0.4, -0.2) is 24.3 Å². The Hall–Kier alpha value is -0.120. The second-order valence-electron chi connectivity index (χ2n) is 3.22. The average Bonchev–Trinajstić information content (AvgIpc) is 2.06. The smallest absolute Gasteiger partial charge is 0.0540 e. The lowest BCUT2D eigenvalue weighted by molar-refractivity contribution is 0.148. The van der Waals surface area contributed by atoms with Crippen molar-refractivity contribution >= 4 is 0 Å². The van der Waals surface area contributed by atoms with Crippen LogP contribution in [0.5, 0.6) is 0 Å². The van der Waals surface area contributed by atoms with E-state index in [1.807, 2.05) is 0 Å². The molecule has 74 valence electrons. The molecular weight excluding hydrogens is 152 g/mol. The molecule has 0 bridgehead atoms. The quantitative estimate of drug-likeness (QED) is 0.472. The fraction of sp³-hybridized carbons (Fsp3) is 1.00. The van der Waals surface area contributed by atoms with Gasteiger partial charge in [-0.1, -0.05) is 0 Å². The second-order valence-corrected chi connectivity index (χ2v) is 3.22. The molecule has 0 atom stereocenters. The summed E-state index contributed by atoms with van der Waals surface area (Å²) in [5, 5.41) is 9.42. The maximum absolute atomic E-state index is 9.42. The second kappa shape index (κ2) is 8.97. The van der Waals surface area contributed by atoms with Crippen molar-refractivity contribution in [2.45, 2.75) is 44.6 Å². The van der Waals surface area contributed by atoms with Crippen LogP contribution in [0, 0.1) is 0 Å². The van der Waals surface area contributed by atoms with Crippen molar-refractivity contribution in [3.63, 3.8) is 0 Å². The summed E-state index contributed by atoms with van der Waals surface area (Å²) in [5.41, 5.74) is 10.7. The van der Waals surface area contributed by atoms with E-state index in [2.05, 4.69) is 0 Å². The highest BCUT2D eigenvalue weighted by molar-refractivity contribution is 4.56. The lowest BCUT2D eigenvalue weighted by atomic mass is 10.1. The van der Waals surface area contributed by atoms with Gasteiger partial charge in [0.1, 0.15) is 0 Å². The van der Waals surface area contributed by atoms with Gasteiger partial charge in [0.05, 0.1) is 6.10 Å². The molecule has 0 aliphatic carbocycles. The molecule has 0 amide bonds. The van der Waals surface area contributed by atoms with Crippen molar-refractivity contribution in [2.75, 3.05) is 13.1 Å². The maximum Gasteiger partial charge on any atom is 0.0540 e. The van der Waals surface area contributed by atoms with Gasteiger partial charge in [0.15, 0.2) is 0 Å². The van der Waals surface area contributed by atoms with E-state index >= 15 is 0 Å². The largest absolute Gasteiger partial charge is 0.393 e.